The lowest BCUT2D eigenvalue weighted by molar-refractivity contribution is -0.293. The van der Waals surface area contributed by atoms with E-state index in [2.05, 4.69) is 6.58 Å². The molecule has 10 nitrogen and oxygen atoms in total. The molecule has 0 spiro atoms. The number of fused-ring (bicyclic) bond motifs is 5. The van der Waals surface area contributed by atoms with Crippen LogP contribution in [0.1, 0.15) is 61.3 Å². The number of esters is 3. The largest absolute Gasteiger partial charge is 0.466 e. The number of rotatable bonds is 2. The smallest absolute Gasteiger partial charge is 0.358 e. The Bertz CT molecular complexity index is 1160. The summed E-state index contributed by atoms with van der Waals surface area (Å²) in [5, 5.41) is 23.3. The Morgan fingerprint density at radius 3 is 2.11 bits per heavy atom. The number of hydrogen-bond acceptors (Lipinski definition) is 10. The van der Waals surface area contributed by atoms with Crippen molar-refractivity contribution in [2.24, 2.45) is 39.4 Å². The first-order valence-corrected chi connectivity index (χ1v) is 12.9. The van der Waals surface area contributed by atoms with Gasteiger partial charge in [0.05, 0.1) is 30.7 Å². The highest BCUT2D eigenvalue weighted by Crippen LogP contribution is 2.72. The number of allylic oxidation sites excluding steroid dienone is 1. The molecule has 4 rings (SSSR count). The number of Topliss-reactive ketones (excluding diaryl/α,β-unsaturated/α-hetero) is 2. The molecule has 210 valence electrons. The van der Waals surface area contributed by atoms with Crippen molar-refractivity contribution in [3.63, 3.8) is 0 Å². The molecule has 3 aliphatic carbocycles. The molecule has 0 radical (unpaired) electrons. The van der Waals surface area contributed by atoms with Crippen molar-refractivity contribution < 1.29 is 48.4 Å². The van der Waals surface area contributed by atoms with Crippen LogP contribution in [-0.4, -0.2) is 70.7 Å². The van der Waals surface area contributed by atoms with Gasteiger partial charge in [-0.3, -0.25) is 19.2 Å². The lowest BCUT2D eigenvalue weighted by atomic mass is 9.33. The van der Waals surface area contributed by atoms with E-state index >= 15 is 0 Å². The van der Waals surface area contributed by atoms with Crippen LogP contribution in [0.15, 0.2) is 12.2 Å². The molecule has 1 aliphatic heterocycles. The minimum Gasteiger partial charge on any atom is -0.466 e. The van der Waals surface area contributed by atoms with Gasteiger partial charge in [0.1, 0.15) is 11.9 Å². The molecule has 0 amide bonds. The zero-order chi connectivity index (χ0) is 29.0. The Hall–Kier alpha value is -2.59. The first-order chi connectivity index (χ1) is 17.3. The number of carbonyl (C=O) groups excluding carboxylic acids is 5. The van der Waals surface area contributed by atoms with Crippen molar-refractivity contribution in [1.29, 1.82) is 0 Å². The SMILES string of the molecule is C=C1C[C@H]2[C@@](C)([C@@H]3C(=O)O[C@](C)(C(=O)OC)C(=O)[C@@]13C)[C@@H](OC(C)=O)[C@@H](O)[C@H]1C(C)(C)C(=O)C[C@@H](O)[C@@]21C. The summed E-state index contributed by atoms with van der Waals surface area (Å²) in [5.74, 6) is -6.46. The molecule has 38 heavy (non-hydrogen) atoms. The summed E-state index contributed by atoms with van der Waals surface area (Å²) in [6.07, 6.45) is -4.03. The summed E-state index contributed by atoms with van der Waals surface area (Å²) in [5.41, 5.74) is -7.20. The number of hydrogen-bond donors (Lipinski definition) is 2. The van der Waals surface area contributed by atoms with E-state index in [0.29, 0.717) is 5.57 Å². The first-order valence-electron chi connectivity index (χ1n) is 12.9. The Morgan fingerprint density at radius 2 is 1.58 bits per heavy atom. The normalized spacial score (nSPS) is 47.7. The van der Waals surface area contributed by atoms with Gasteiger partial charge < -0.3 is 24.4 Å². The number of methoxy groups -OCH3 is 1. The van der Waals surface area contributed by atoms with Crippen LogP contribution in [0.3, 0.4) is 0 Å². The number of cyclic esters (lactones) is 1. The maximum absolute atomic E-state index is 14.1. The summed E-state index contributed by atoms with van der Waals surface area (Å²) < 4.78 is 16.1. The molecular formula is C28H38O10. The van der Waals surface area contributed by atoms with Crippen molar-refractivity contribution >= 4 is 29.5 Å². The maximum atomic E-state index is 14.1. The average molecular weight is 535 g/mol. The van der Waals surface area contributed by atoms with Crippen LogP contribution in [0, 0.1) is 39.4 Å². The van der Waals surface area contributed by atoms with Crippen LogP contribution in [0.25, 0.3) is 0 Å². The number of ether oxygens (including phenoxy) is 3. The summed E-state index contributed by atoms with van der Waals surface area (Å²) in [6, 6.07) is 0. The molecule has 10 heteroatoms. The molecular weight excluding hydrogens is 496 g/mol. The van der Waals surface area contributed by atoms with Crippen LogP contribution in [-0.2, 0) is 38.2 Å². The van der Waals surface area contributed by atoms with E-state index < -0.39 is 87.0 Å². The number of aliphatic hydroxyl groups excluding tert-OH is 2. The predicted octanol–water partition coefficient (Wildman–Crippen LogP) is 1.54. The third-order valence-corrected chi connectivity index (χ3v) is 10.7. The topological polar surface area (TPSA) is 154 Å². The first kappa shape index (κ1) is 28.4. The number of ketones is 2. The van der Waals surface area contributed by atoms with Crippen molar-refractivity contribution in [3.8, 4) is 0 Å². The van der Waals surface area contributed by atoms with E-state index in [1.807, 2.05) is 0 Å². The van der Waals surface area contributed by atoms with Gasteiger partial charge in [-0.25, -0.2) is 4.79 Å². The molecule has 4 aliphatic rings. The Kier molecular flexibility index (Phi) is 6.14. The number of aliphatic hydroxyl groups is 2. The molecule has 0 aromatic rings. The van der Waals surface area contributed by atoms with Gasteiger partial charge in [0, 0.05) is 35.5 Å². The summed E-state index contributed by atoms with van der Waals surface area (Å²) in [4.78, 5) is 66.1. The molecule has 0 unspecified atom stereocenters. The maximum Gasteiger partial charge on any atom is 0.358 e. The highest BCUT2D eigenvalue weighted by Gasteiger charge is 2.79. The van der Waals surface area contributed by atoms with Crippen LogP contribution in [0.2, 0.25) is 0 Å². The minimum absolute atomic E-state index is 0.110. The van der Waals surface area contributed by atoms with E-state index in [1.165, 1.54) is 20.8 Å². The monoisotopic (exact) mass is 534 g/mol. The predicted molar refractivity (Wildman–Crippen MR) is 131 cm³/mol. The average Bonchev–Trinajstić information content (AvgIpc) is 2.80. The molecule has 1 saturated heterocycles. The zero-order valence-corrected chi connectivity index (χ0v) is 23.2. The Morgan fingerprint density at radius 1 is 1.00 bits per heavy atom. The van der Waals surface area contributed by atoms with Crippen molar-refractivity contribution in [1.82, 2.24) is 0 Å². The quantitative estimate of drug-likeness (QED) is 0.231. The second-order valence-corrected chi connectivity index (χ2v) is 12.9. The van der Waals surface area contributed by atoms with Gasteiger partial charge in [-0.1, -0.05) is 39.8 Å². The molecule has 0 aromatic carbocycles. The summed E-state index contributed by atoms with van der Waals surface area (Å²) in [6.45, 7) is 14.9. The van der Waals surface area contributed by atoms with E-state index in [4.69, 9.17) is 14.2 Å². The van der Waals surface area contributed by atoms with E-state index in [1.54, 1.807) is 27.7 Å². The van der Waals surface area contributed by atoms with Crippen LogP contribution >= 0.6 is 0 Å². The molecule has 0 aromatic heterocycles. The van der Waals surface area contributed by atoms with Gasteiger partial charge in [0.2, 0.25) is 0 Å². The van der Waals surface area contributed by atoms with E-state index in [-0.39, 0.29) is 18.6 Å². The fraction of sp³-hybridized carbons (Fsp3) is 0.750. The van der Waals surface area contributed by atoms with Crippen LogP contribution in [0.4, 0.5) is 0 Å². The van der Waals surface area contributed by atoms with Crippen molar-refractivity contribution in [2.75, 3.05) is 7.11 Å². The molecule has 2 N–H and O–H groups in total. The highest BCUT2D eigenvalue weighted by atomic mass is 16.6. The van der Waals surface area contributed by atoms with Crippen LogP contribution < -0.4 is 0 Å². The molecule has 0 bridgehead atoms. The van der Waals surface area contributed by atoms with Gasteiger partial charge in [-0.2, -0.15) is 0 Å². The van der Waals surface area contributed by atoms with Crippen LogP contribution in [0.5, 0.6) is 0 Å². The fourth-order valence-electron chi connectivity index (χ4n) is 8.85. The molecule has 4 fully saturated rings. The van der Waals surface area contributed by atoms with E-state index in [0.717, 1.165) is 7.11 Å². The molecule has 10 atom stereocenters. The van der Waals surface area contributed by atoms with Gasteiger partial charge in [-0.15, -0.1) is 0 Å². The summed E-state index contributed by atoms with van der Waals surface area (Å²) >= 11 is 0. The Balaban J connectivity index is 2.01. The summed E-state index contributed by atoms with van der Waals surface area (Å²) in [7, 11) is 1.08. The molecule has 1 heterocycles. The van der Waals surface area contributed by atoms with Gasteiger partial charge in [0.25, 0.3) is 5.60 Å². The van der Waals surface area contributed by atoms with Crippen molar-refractivity contribution in [2.45, 2.75) is 85.2 Å². The van der Waals surface area contributed by atoms with Gasteiger partial charge in [0.15, 0.2) is 5.78 Å². The second kappa shape index (κ2) is 8.21. The standard InChI is InChI=1S/C28H38O10/c1-12-10-14-26(6)16(31)11-15(30)24(3,4)18(26)17(32)20(37-13(2)29)27(14,7)19-21(33)38-28(8,23(35)36-9)22(34)25(12,19)5/h14,16-20,31-32H,1,10-11H2,2-9H3/t14-,16-,17+,18+,19-,20+,25+,26-,27+,28+/m1/s1. The zero-order valence-electron chi connectivity index (χ0n) is 23.2. The fourth-order valence-corrected chi connectivity index (χ4v) is 8.85. The van der Waals surface area contributed by atoms with Gasteiger partial charge in [-0.05, 0) is 26.2 Å². The minimum atomic E-state index is -2.22. The Labute approximate surface area is 222 Å². The van der Waals surface area contributed by atoms with E-state index in [9.17, 15) is 34.2 Å². The van der Waals surface area contributed by atoms with Crippen molar-refractivity contribution in [3.05, 3.63) is 12.2 Å². The lowest BCUT2D eigenvalue weighted by Gasteiger charge is -2.71. The lowest BCUT2D eigenvalue weighted by Crippen LogP contribution is -2.78. The number of carbonyl (C=O) groups is 5. The molecule has 3 saturated carbocycles. The third-order valence-electron chi connectivity index (χ3n) is 10.7. The van der Waals surface area contributed by atoms with Gasteiger partial charge >= 0.3 is 17.9 Å². The highest BCUT2D eigenvalue weighted by molar-refractivity contribution is 6.15. The third kappa shape index (κ3) is 3.10. The second-order valence-electron chi connectivity index (χ2n) is 12.9.